The number of hydrogen-bond acceptors (Lipinski definition) is 4. The van der Waals surface area contributed by atoms with E-state index in [1.54, 1.807) is 53.2 Å². The highest BCUT2D eigenvalue weighted by atomic mass is 16.5. The summed E-state index contributed by atoms with van der Waals surface area (Å²) in [5, 5.41) is 11.7. The number of para-hydroxylation sites is 1. The second kappa shape index (κ2) is 8.76. The quantitative estimate of drug-likeness (QED) is 0.677. The fraction of sp³-hybridized carbons (Fsp3) is 0.136. The first kappa shape index (κ1) is 19.7. The van der Waals surface area contributed by atoms with Crippen LogP contribution in [0.25, 0.3) is 0 Å². The fourth-order valence-corrected chi connectivity index (χ4v) is 2.74. The van der Waals surface area contributed by atoms with Crippen molar-refractivity contribution in [3.63, 3.8) is 0 Å². The van der Waals surface area contributed by atoms with Gasteiger partial charge in [-0.1, -0.05) is 12.1 Å². The summed E-state index contributed by atoms with van der Waals surface area (Å²) in [5.41, 5.74) is 5.97. The first-order valence-electron chi connectivity index (χ1n) is 8.96. The third-order valence-electron chi connectivity index (χ3n) is 4.29. The summed E-state index contributed by atoms with van der Waals surface area (Å²) in [6.07, 6.45) is 0. The van der Waals surface area contributed by atoms with E-state index in [4.69, 9.17) is 10.00 Å². The number of aromatic nitrogens is 1. The van der Waals surface area contributed by atoms with Crippen LogP contribution in [-0.2, 0) is 4.79 Å². The Labute approximate surface area is 168 Å². The van der Waals surface area contributed by atoms with Crippen LogP contribution in [0.15, 0.2) is 60.7 Å². The molecule has 3 rings (SSSR count). The van der Waals surface area contributed by atoms with Gasteiger partial charge in [0.25, 0.3) is 11.8 Å². The van der Waals surface area contributed by atoms with E-state index in [2.05, 4.69) is 10.7 Å². The first-order valence-corrected chi connectivity index (χ1v) is 8.96. The number of nitriles is 1. The van der Waals surface area contributed by atoms with Gasteiger partial charge in [-0.25, -0.2) is 0 Å². The van der Waals surface area contributed by atoms with E-state index in [1.165, 1.54) is 0 Å². The standard InChI is InChI=1S/C22H20N4O3/c1-15-7-8-16(2)26(15)25-22(28)17-9-11-19(12-10-17)29-14-21(27)24-20-6-4-3-5-18(20)13-23/h3-12H,14H2,1-2H3,(H,24,27)(H,25,28). The molecule has 0 aliphatic rings. The van der Waals surface area contributed by atoms with Crippen LogP contribution >= 0.6 is 0 Å². The molecule has 146 valence electrons. The van der Waals surface area contributed by atoms with E-state index in [1.807, 2.05) is 32.0 Å². The number of nitrogens with zero attached hydrogens (tertiary/aromatic N) is 2. The predicted octanol–water partition coefficient (Wildman–Crippen LogP) is 3.38. The van der Waals surface area contributed by atoms with Crippen molar-refractivity contribution in [3.8, 4) is 11.8 Å². The Morgan fingerprint density at radius 2 is 1.66 bits per heavy atom. The Bertz CT molecular complexity index is 1060. The van der Waals surface area contributed by atoms with Crippen molar-refractivity contribution in [1.82, 2.24) is 4.68 Å². The average Bonchev–Trinajstić information content (AvgIpc) is 3.05. The van der Waals surface area contributed by atoms with Crippen LogP contribution in [0.3, 0.4) is 0 Å². The highest BCUT2D eigenvalue weighted by Crippen LogP contribution is 2.15. The third kappa shape index (κ3) is 4.82. The van der Waals surface area contributed by atoms with E-state index >= 15 is 0 Å². The van der Waals surface area contributed by atoms with Crippen molar-refractivity contribution in [1.29, 1.82) is 5.26 Å². The van der Waals surface area contributed by atoms with Gasteiger partial charge in [0.2, 0.25) is 0 Å². The third-order valence-corrected chi connectivity index (χ3v) is 4.29. The van der Waals surface area contributed by atoms with Gasteiger partial charge in [-0.15, -0.1) is 0 Å². The molecule has 3 aromatic rings. The maximum Gasteiger partial charge on any atom is 0.270 e. The zero-order valence-electron chi connectivity index (χ0n) is 16.1. The molecule has 2 N–H and O–H groups in total. The van der Waals surface area contributed by atoms with Gasteiger partial charge < -0.3 is 10.1 Å². The number of aryl methyl sites for hydroxylation is 2. The van der Waals surface area contributed by atoms with E-state index in [0.717, 1.165) is 11.4 Å². The monoisotopic (exact) mass is 388 g/mol. The Hall–Kier alpha value is -4.05. The Kier molecular flexibility index (Phi) is 5.95. The minimum atomic E-state index is -0.381. The first-order chi connectivity index (χ1) is 14.0. The summed E-state index contributed by atoms with van der Waals surface area (Å²) < 4.78 is 7.18. The molecule has 29 heavy (non-hydrogen) atoms. The van der Waals surface area contributed by atoms with Crippen LogP contribution in [0.2, 0.25) is 0 Å². The number of benzene rings is 2. The van der Waals surface area contributed by atoms with Crippen LogP contribution in [0.4, 0.5) is 5.69 Å². The molecule has 1 heterocycles. The molecule has 1 aromatic heterocycles. The predicted molar refractivity (Wildman–Crippen MR) is 109 cm³/mol. The summed E-state index contributed by atoms with van der Waals surface area (Å²) in [5.74, 6) is -0.170. The molecule has 0 spiro atoms. The molecule has 0 fully saturated rings. The van der Waals surface area contributed by atoms with Crippen molar-refractivity contribution in [2.45, 2.75) is 13.8 Å². The van der Waals surface area contributed by atoms with Crippen LogP contribution in [-0.4, -0.2) is 23.1 Å². The van der Waals surface area contributed by atoms with Gasteiger partial charge in [0, 0.05) is 17.0 Å². The number of ether oxygens (including phenoxy) is 1. The SMILES string of the molecule is Cc1ccc(C)n1NC(=O)c1ccc(OCC(=O)Nc2ccccc2C#N)cc1. The van der Waals surface area contributed by atoms with Gasteiger partial charge in [0.15, 0.2) is 6.61 Å². The van der Waals surface area contributed by atoms with Crippen LogP contribution in [0.1, 0.15) is 27.3 Å². The minimum Gasteiger partial charge on any atom is -0.484 e. The zero-order chi connectivity index (χ0) is 20.8. The number of carbonyl (C=O) groups excluding carboxylic acids is 2. The second-order valence-electron chi connectivity index (χ2n) is 6.41. The number of rotatable bonds is 6. The smallest absolute Gasteiger partial charge is 0.270 e. The maximum atomic E-state index is 12.4. The summed E-state index contributed by atoms with van der Waals surface area (Å²) in [6.45, 7) is 3.60. The molecule has 0 bridgehead atoms. The van der Waals surface area contributed by atoms with Crippen LogP contribution in [0.5, 0.6) is 5.75 Å². The number of anilines is 1. The molecule has 0 aliphatic carbocycles. The fourth-order valence-electron chi connectivity index (χ4n) is 2.74. The lowest BCUT2D eigenvalue weighted by molar-refractivity contribution is -0.118. The lowest BCUT2D eigenvalue weighted by atomic mass is 10.2. The van der Waals surface area contributed by atoms with Crippen LogP contribution in [0, 0.1) is 25.2 Å². The zero-order valence-corrected chi connectivity index (χ0v) is 16.1. The largest absolute Gasteiger partial charge is 0.484 e. The molecule has 2 amide bonds. The molecule has 0 unspecified atom stereocenters. The van der Waals surface area contributed by atoms with Gasteiger partial charge in [0.05, 0.1) is 11.3 Å². The Morgan fingerprint density at radius 1 is 1.00 bits per heavy atom. The molecule has 0 saturated heterocycles. The van der Waals surface area contributed by atoms with Crippen molar-refractivity contribution in [3.05, 3.63) is 83.2 Å². The van der Waals surface area contributed by atoms with Crippen molar-refractivity contribution < 1.29 is 14.3 Å². The molecule has 0 atom stereocenters. The Balaban J connectivity index is 1.56. The van der Waals surface area contributed by atoms with Crippen molar-refractivity contribution in [2.75, 3.05) is 17.3 Å². The van der Waals surface area contributed by atoms with Crippen molar-refractivity contribution >= 4 is 17.5 Å². The number of amides is 2. The van der Waals surface area contributed by atoms with E-state index in [9.17, 15) is 9.59 Å². The highest BCUT2D eigenvalue weighted by Gasteiger charge is 2.10. The van der Waals surface area contributed by atoms with Gasteiger partial charge in [-0.2, -0.15) is 5.26 Å². The summed E-state index contributed by atoms with van der Waals surface area (Å²) in [4.78, 5) is 24.5. The number of hydrogen-bond donors (Lipinski definition) is 2. The summed E-state index contributed by atoms with van der Waals surface area (Å²) in [7, 11) is 0. The molecular weight excluding hydrogens is 368 g/mol. The molecule has 0 aliphatic heterocycles. The van der Waals surface area contributed by atoms with E-state index in [0.29, 0.717) is 22.6 Å². The summed E-state index contributed by atoms with van der Waals surface area (Å²) in [6, 6.07) is 19.1. The van der Waals surface area contributed by atoms with Crippen molar-refractivity contribution in [2.24, 2.45) is 0 Å². The van der Waals surface area contributed by atoms with E-state index < -0.39 is 0 Å². The Morgan fingerprint density at radius 3 is 2.31 bits per heavy atom. The average molecular weight is 388 g/mol. The normalized spacial score (nSPS) is 10.1. The van der Waals surface area contributed by atoms with Gasteiger partial charge in [-0.05, 0) is 62.4 Å². The molecule has 0 saturated carbocycles. The van der Waals surface area contributed by atoms with Gasteiger partial charge in [0.1, 0.15) is 11.8 Å². The number of nitrogens with one attached hydrogen (secondary N) is 2. The molecule has 0 radical (unpaired) electrons. The van der Waals surface area contributed by atoms with Gasteiger partial charge >= 0.3 is 0 Å². The second-order valence-corrected chi connectivity index (χ2v) is 6.41. The summed E-state index contributed by atoms with van der Waals surface area (Å²) >= 11 is 0. The van der Waals surface area contributed by atoms with E-state index in [-0.39, 0.29) is 18.4 Å². The highest BCUT2D eigenvalue weighted by molar-refractivity contribution is 6.00. The molecular formula is C22H20N4O3. The topological polar surface area (TPSA) is 96.2 Å². The lowest BCUT2D eigenvalue weighted by Crippen LogP contribution is -2.24. The molecule has 7 nitrogen and oxygen atoms in total. The molecule has 7 heteroatoms. The van der Waals surface area contributed by atoms with Crippen LogP contribution < -0.4 is 15.5 Å². The number of carbonyl (C=O) groups is 2. The lowest BCUT2D eigenvalue weighted by Gasteiger charge is -2.12. The minimum absolute atomic E-state index is 0.215. The maximum absolute atomic E-state index is 12.4. The van der Waals surface area contributed by atoms with Gasteiger partial charge in [-0.3, -0.25) is 19.7 Å². The molecule has 2 aromatic carbocycles.